The van der Waals surface area contributed by atoms with Gasteiger partial charge in [0.2, 0.25) is 0 Å². The third-order valence-corrected chi connectivity index (χ3v) is 12.1. The van der Waals surface area contributed by atoms with Crippen LogP contribution in [0.5, 0.6) is 0 Å². The van der Waals surface area contributed by atoms with Crippen LogP contribution in [0.25, 0.3) is 10.8 Å². The first-order chi connectivity index (χ1) is 14.7. The molecule has 4 heteroatoms. The summed E-state index contributed by atoms with van der Waals surface area (Å²) in [5.74, 6) is 1.52. The summed E-state index contributed by atoms with van der Waals surface area (Å²) in [6.45, 7) is 15.7. The molecule has 0 aliphatic heterocycles. The van der Waals surface area contributed by atoms with E-state index in [1.165, 1.54) is 55.7 Å². The molecule has 0 spiro atoms. The zero-order valence-electron chi connectivity index (χ0n) is 20.7. The van der Waals surface area contributed by atoms with E-state index in [0.717, 1.165) is 38.2 Å². The van der Waals surface area contributed by atoms with Gasteiger partial charge in [-0.25, -0.2) is 0 Å². The lowest BCUT2D eigenvalue weighted by Crippen LogP contribution is -2.42. The molecule has 1 aliphatic carbocycles. The Labute approximate surface area is 191 Å². The Morgan fingerprint density at radius 1 is 0.871 bits per heavy atom. The minimum absolute atomic E-state index is 0.314. The van der Waals surface area contributed by atoms with Crippen LogP contribution in [0, 0.1) is 11.8 Å². The van der Waals surface area contributed by atoms with Crippen LogP contribution in [0.15, 0.2) is 36.7 Å². The maximum Gasteiger partial charge on any atom is 0.191 e. The highest BCUT2D eigenvalue weighted by atomic mass is 28.4. The average Bonchev–Trinajstić information content (AvgIpc) is 3.14. The van der Waals surface area contributed by atoms with Gasteiger partial charge in [-0.3, -0.25) is 0 Å². The second kappa shape index (κ2) is 11.2. The third kappa shape index (κ3) is 7.47. The van der Waals surface area contributed by atoms with Crippen LogP contribution in [0.1, 0.15) is 65.7 Å². The van der Waals surface area contributed by atoms with E-state index in [-0.39, 0.29) is 0 Å². The number of benzene rings is 1. The van der Waals surface area contributed by atoms with Crippen LogP contribution < -0.4 is 0 Å². The number of hydrogen-bond acceptors (Lipinski definition) is 2. The van der Waals surface area contributed by atoms with Gasteiger partial charge in [-0.1, -0.05) is 45.0 Å². The van der Waals surface area contributed by atoms with Crippen LogP contribution in [0.4, 0.5) is 0 Å². The lowest BCUT2D eigenvalue weighted by atomic mass is 9.83. The lowest BCUT2D eigenvalue weighted by molar-refractivity contribution is 0.0683. The van der Waals surface area contributed by atoms with Gasteiger partial charge in [0.25, 0.3) is 0 Å². The molecule has 1 saturated carbocycles. The van der Waals surface area contributed by atoms with Gasteiger partial charge in [-0.15, -0.1) is 0 Å². The molecule has 0 radical (unpaired) electrons. The fourth-order valence-corrected chi connectivity index (χ4v) is 5.39. The maximum atomic E-state index is 6.46. The molecule has 0 N–H and O–H groups in total. The zero-order valence-corrected chi connectivity index (χ0v) is 21.7. The van der Waals surface area contributed by atoms with E-state index < -0.39 is 8.32 Å². The molecule has 3 rings (SSSR count). The summed E-state index contributed by atoms with van der Waals surface area (Å²) in [6, 6.07) is 8.60. The molecule has 0 unspecified atom stereocenters. The van der Waals surface area contributed by atoms with Crippen molar-refractivity contribution in [1.82, 2.24) is 4.57 Å². The number of unbranched alkanes of at least 4 members (excludes halogenated alkanes) is 2. The SMILES string of the molecule is CC(C)(C)[Si](C)(C)OCC1CCC(COCCCCCn2cc3ccccc3c2)CC1. The van der Waals surface area contributed by atoms with Crippen LogP contribution in [-0.4, -0.2) is 32.7 Å². The summed E-state index contributed by atoms with van der Waals surface area (Å²) in [6.07, 6.45) is 13.4. The Kier molecular flexibility index (Phi) is 8.83. The first-order valence-corrected chi connectivity index (χ1v) is 15.4. The van der Waals surface area contributed by atoms with Gasteiger partial charge >= 0.3 is 0 Å². The Hall–Kier alpha value is -1.10. The van der Waals surface area contributed by atoms with Gasteiger partial charge in [-0.05, 0) is 85.7 Å². The lowest BCUT2D eigenvalue weighted by Gasteiger charge is -2.38. The smallest absolute Gasteiger partial charge is 0.191 e. The van der Waals surface area contributed by atoms with E-state index in [1.54, 1.807) is 0 Å². The Balaban J connectivity index is 1.21. The molecule has 0 atom stereocenters. The highest BCUT2D eigenvalue weighted by molar-refractivity contribution is 6.74. The van der Waals surface area contributed by atoms with Crippen LogP contribution in [0.2, 0.25) is 18.1 Å². The predicted molar refractivity (Wildman–Crippen MR) is 135 cm³/mol. The molecule has 1 fully saturated rings. The molecular weight excluding hydrogens is 398 g/mol. The second-order valence-corrected chi connectivity index (χ2v) is 16.0. The molecule has 0 amide bonds. The van der Waals surface area contributed by atoms with Crippen molar-refractivity contribution in [2.24, 2.45) is 11.8 Å². The highest BCUT2D eigenvalue weighted by Crippen LogP contribution is 2.38. The van der Waals surface area contributed by atoms with Crippen molar-refractivity contribution in [3.63, 3.8) is 0 Å². The first kappa shape index (κ1) is 24.5. The second-order valence-electron chi connectivity index (χ2n) is 11.2. The van der Waals surface area contributed by atoms with Crippen LogP contribution in [0.3, 0.4) is 0 Å². The molecule has 1 aromatic heterocycles. The number of rotatable bonds is 11. The number of fused-ring (bicyclic) bond motifs is 1. The van der Waals surface area contributed by atoms with Crippen LogP contribution in [-0.2, 0) is 15.7 Å². The Morgan fingerprint density at radius 3 is 2.03 bits per heavy atom. The quantitative estimate of drug-likeness (QED) is 0.263. The molecule has 0 saturated heterocycles. The summed E-state index contributed by atoms with van der Waals surface area (Å²) < 4.78 is 14.8. The number of aromatic nitrogens is 1. The largest absolute Gasteiger partial charge is 0.417 e. The summed E-state index contributed by atoms with van der Waals surface area (Å²) in [5, 5.41) is 2.99. The fourth-order valence-electron chi connectivity index (χ4n) is 4.30. The van der Waals surface area contributed by atoms with Crippen molar-refractivity contribution in [1.29, 1.82) is 0 Å². The van der Waals surface area contributed by atoms with Gasteiger partial charge in [0.1, 0.15) is 0 Å². The minimum atomic E-state index is -1.60. The molecule has 1 aliphatic rings. The summed E-state index contributed by atoms with van der Waals surface area (Å²) >= 11 is 0. The van der Waals surface area contributed by atoms with E-state index in [1.807, 2.05) is 0 Å². The fraction of sp³-hybridized carbons (Fsp3) is 0.704. The van der Waals surface area contributed by atoms with E-state index >= 15 is 0 Å². The van der Waals surface area contributed by atoms with Gasteiger partial charge < -0.3 is 13.7 Å². The Morgan fingerprint density at radius 2 is 1.45 bits per heavy atom. The maximum absolute atomic E-state index is 6.46. The number of aryl methyl sites for hydroxylation is 1. The first-order valence-electron chi connectivity index (χ1n) is 12.5. The molecule has 1 heterocycles. The van der Waals surface area contributed by atoms with Crippen molar-refractivity contribution in [2.75, 3.05) is 19.8 Å². The number of hydrogen-bond donors (Lipinski definition) is 0. The van der Waals surface area contributed by atoms with Gasteiger partial charge in [0.15, 0.2) is 8.32 Å². The summed E-state index contributed by atoms with van der Waals surface area (Å²) in [5.41, 5.74) is 0. The Bertz CT molecular complexity index is 751. The van der Waals surface area contributed by atoms with E-state index in [4.69, 9.17) is 9.16 Å². The van der Waals surface area contributed by atoms with Crippen molar-refractivity contribution in [3.8, 4) is 0 Å². The van der Waals surface area contributed by atoms with Crippen molar-refractivity contribution in [2.45, 2.75) is 90.4 Å². The van der Waals surface area contributed by atoms with E-state index in [9.17, 15) is 0 Å². The number of nitrogens with zero attached hydrogens (tertiary/aromatic N) is 1. The standard InChI is InChI=1S/C27H45NO2Si/c1-27(2,3)31(4,5)30-22-24-15-13-23(14-16-24)21-29-18-10-6-9-17-28-19-25-11-7-8-12-26(25)20-28/h7-8,11-12,19-20,23-24H,6,9-10,13-18,21-22H2,1-5H3. The van der Waals surface area contributed by atoms with Crippen LogP contribution >= 0.6 is 0 Å². The van der Waals surface area contributed by atoms with E-state index in [2.05, 4.69) is 75.1 Å². The monoisotopic (exact) mass is 443 g/mol. The normalized spacial score (nSPS) is 20.4. The topological polar surface area (TPSA) is 23.4 Å². The van der Waals surface area contributed by atoms with Gasteiger partial charge in [0.05, 0.1) is 0 Å². The predicted octanol–water partition coefficient (Wildman–Crippen LogP) is 7.66. The van der Waals surface area contributed by atoms with Gasteiger partial charge in [-0.2, -0.15) is 0 Å². The molecule has 1 aromatic carbocycles. The zero-order chi connectivity index (χ0) is 22.3. The molecular formula is C27H45NO2Si. The van der Waals surface area contributed by atoms with Gasteiger partial charge in [0, 0.05) is 38.8 Å². The molecule has 2 aromatic rings. The minimum Gasteiger partial charge on any atom is -0.417 e. The summed E-state index contributed by atoms with van der Waals surface area (Å²) in [7, 11) is -1.60. The van der Waals surface area contributed by atoms with E-state index in [0.29, 0.717) is 5.04 Å². The molecule has 174 valence electrons. The highest BCUT2D eigenvalue weighted by Gasteiger charge is 2.37. The van der Waals surface area contributed by atoms with Crippen molar-refractivity contribution in [3.05, 3.63) is 36.7 Å². The number of ether oxygens (including phenoxy) is 1. The third-order valence-electron chi connectivity index (χ3n) is 7.62. The molecule has 0 bridgehead atoms. The van der Waals surface area contributed by atoms with Crippen molar-refractivity contribution < 1.29 is 9.16 Å². The summed E-state index contributed by atoms with van der Waals surface area (Å²) in [4.78, 5) is 0. The van der Waals surface area contributed by atoms with Crippen molar-refractivity contribution >= 4 is 19.1 Å². The average molecular weight is 444 g/mol. The molecule has 31 heavy (non-hydrogen) atoms. The molecule has 3 nitrogen and oxygen atoms in total.